The molecule has 7 heteroatoms. The van der Waals surface area contributed by atoms with Gasteiger partial charge in [0, 0.05) is 24.5 Å². The molecule has 30 heavy (non-hydrogen) atoms. The molecule has 0 unspecified atom stereocenters. The van der Waals surface area contributed by atoms with E-state index in [2.05, 4.69) is 15.7 Å². The van der Waals surface area contributed by atoms with E-state index in [0.29, 0.717) is 37.3 Å². The Balaban J connectivity index is 1.45. The zero-order valence-electron chi connectivity index (χ0n) is 17.0. The molecule has 0 bridgehead atoms. The summed E-state index contributed by atoms with van der Waals surface area (Å²) in [6.45, 7) is 4.43. The summed E-state index contributed by atoms with van der Waals surface area (Å²) in [5.74, 6) is -0.144. The maximum Gasteiger partial charge on any atom is 0.259 e. The molecule has 1 saturated heterocycles. The summed E-state index contributed by atoms with van der Waals surface area (Å²) in [6.07, 6.45) is 2.35. The number of amides is 2. The van der Waals surface area contributed by atoms with Gasteiger partial charge in [-0.05, 0) is 36.2 Å². The SMILES string of the molecule is CCc1c(C(=O)Nc2ccc(N3CCNC(=O)C3)cc2)cnn1Cc1ccccc1. The summed E-state index contributed by atoms with van der Waals surface area (Å²) in [6, 6.07) is 17.7. The van der Waals surface area contributed by atoms with Crippen LogP contribution in [0, 0.1) is 0 Å². The number of aromatic nitrogens is 2. The molecule has 0 atom stereocenters. The van der Waals surface area contributed by atoms with Crippen LogP contribution in [0.1, 0.15) is 28.5 Å². The molecule has 7 nitrogen and oxygen atoms in total. The van der Waals surface area contributed by atoms with Crippen molar-refractivity contribution in [3.8, 4) is 0 Å². The topological polar surface area (TPSA) is 79.3 Å². The van der Waals surface area contributed by atoms with Crippen molar-refractivity contribution in [2.45, 2.75) is 19.9 Å². The van der Waals surface area contributed by atoms with Crippen molar-refractivity contribution in [3.05, 3.63) is 77.6 Å². The number of hydrogen-bond donors (Lipinski definition) is 2. The summed E-state index contributed by atoms with van der Waals surface area (Å²) < 4.78 is 1.88. The Bertz CT molecular complexity index is 1030. The molecule has 0 radical (unpaired) electrons. The highest BCUT2D eigenvalue weighted by molar-refractivity contribution is 6.05. The van der Waals surface area contributed by atoms with Crippen molar-refractivity contribution < 1.29 is 9.59 Å². The number of anilines is 2. The first-order chi connectivity index (χ1) is 14.6. The van der Waals surface area contributed by atoms with Crippen molar-refractivity contribution in [2.24, 2.45) is 0 Å². The standard InChI is InChI=1S/C23H25N5O2/c1-2-21-20(14-25-28(21)15-17-6-4-3-5-7-17)23(30)26-18-8-10-19(11-9-18)27-13-12-24-22(29)16-27/h3-11,14H,2,12-13,15-16H2,1H3,(H,24,29)(H,26,30). The molecule has 2 N–H and O–H groups in total. The van der Waals surface area contributed by atoms with Gasteiger partial charge in [0.15, 0.2) is 0 Å². The van der Waals surface area contributed by atoms with E-state index in [9.17, 15) is 9.59 Å². The minimum absolute atomic E-state index is 0.0261. The number of carbonyl (C=O) groups excluding carboxylic acids is 2. The van der Waals surface area contributed by atoms with E-state index in [1.807, 2.05) is 71.1 Å². The number of rotatable bonds is 6. The molecule has 0 saturated carbocycles. The quantitative estimate of drug-likeness (QED) is 0.663. The normalized spacial score (nSPS) is 13.8. The summed E-state index contributed by atoms with van der Waals surface area (Å²) in [4.78, 5) is 26.5. The maximum atomic E-state index is 12.9. The van der Waals surface area contributed by atoms with Crippen LogP contribution in [0.2, 0.25) is 0 Å². The second-order valence-electron chi connectivity index (χ2n) is 7.27. The number of benzene rings is 2. The minimum Gasteiger partial charge on any atom is -0.360 e. The van der Waals surface area contributed by atoms with Crippen LogP contribution >= 0.6 is 0 Å². The third-order valence-electron chi connectivity index (χ3n) is 5.23. The average Bonchev–Trinajstić information content (AvgIpc) is 3.17. The van der Waals surface area contributed by atoms with Crippen LogP contribution in [0.5, 0.6) is 0 Å². The van der Waals surface area contributed by atoms with Crippen molar-refractivity contribution in [2.75, 3.05) is 29.9 Å². The van der Waals surface area contributed by atoms with E-state index >= 15 is 0 Å². The van der Waals surface area contributed by atoms with Crippen molar-refractivity contribution in [1.82, 2.24) is 15.1 Å². The predicted octanol–water partition coefficient (Wildman–Crippen LogP) is 2.68. The molecule has 2 heterocycles. The third kappa shape index (κ3) is 4.35. The van der Waals surface area contributed by atoms with Crippen LogP contribution in [-0.4, -0.2) is 41.2 Å². The van der Waals surface area contributed by atoms with Crippen molar-refractivity contribution in [1.29, 1.82) is 0 Å². The average molecular weight is 403 g/mol. The summed E-state index contributed by atoms with van der Waals surface area (Å²) in [5.41, 5.74) is 4.32. The number of nitrogens with zero attached hydrogens (tertiary/aromatic N) is 3. The first-order valence-corrected chi connectivity index (χ1v) is 10.2. The van der Waals surface area contributed by atoms with Gasteiger partial charge in [-0.3, -0.25) is 14.3 Å². The largest absolute Gasteiger partial charge is 0.360 e. The Kier molecular flexibility index (Phi) is 5.79. The fourth-order valence-corrected chi connectivity index (χ4v) is 3.68. The van der Waals surface area contributed by atoms with Gasteiger partial charge in [-0.15, -0.1) is 0 Å². The van der Waals surface area contributed by atoms with Crippen LogP contribution in [-0.2, 0) is 17.8 Å². The zero-order valence-corrected chi connectivity index (χ0v) is 17.0. The molecule has 4 rings (SSSR count). The number of carbonyl (C=O) groups is 2. The number of hydrogen-bond acceptors (Lipinski definition) is 4. The highest BCUT2D eigenvalue weighted by Gasteiger charge is 2.18. The Hall–Kier alpha value is -3.61. The van der Waals surface area contributed by atoms with Gasteiger partial charge in [-0.1, -0.05) is 37.3 Å². The molecule has 2 aromatic carbocycles. The molecule has 2 amide bonds. The van der Waals surface area contributed by atoms with Crippen LogP contribution in [0.15, 0.2) is 60.8 Å². The van der Waals surface area contributed by atoms with E-state index in [4.69, 9.17) is 0 Å². The van der Waals surface area contributed by atoms with Crippen molar-refractivity contribution in [3.63, 3.8) is 0 Å². The molecule has 3 aromatic rings. The lowest BCUT2D eigenvalue weighted by Gasteiger charge is -2.28. The second-order valence-corrected chi connectivity index (χ2v) is 7.27. The highest BCUT2D eigenvalue weighted by atomic mass is 16.2. The lowest BCUT2D eigenvalue weighted by Crippen LogP contribution is -2.47. The molecule has 1 fully saturated rings. The van der Waals surface area contributed by atoms with Gasteiger partial charge in [0.25, 0.3) is 5.91 Å². The van der Waals surface area contributed by atoms with Crippen molar-refractivity contribution >= 4 is 23.2 Å². The first kappa shape index (κ1) is 19.7. The Morgan fingerprint density at radius 2 is 1.90 bits per heavy atom. The van der Waals surface area contributed by atoms with Gasteiger partial charge in [-0.2, -0.15) is 5.10 Å². The van der Waals surface area contributed by atoms with Crippen LogP contribution in [0.25, 0.3) is 0 Å². The van der Waals surface area contributed by atoms with Gasteiger partial charge >= 0.3 is 0 Å². The Morgan fingerprint density at radius 1 is 1.13 bits per heavy atom. The maximum absolute atomic E-state index is 12.9. The van der Waals surface area contributed by atoms with Crippen LogP contribution in [0.4, 0.5) is 11.4 Å². The zero-order chi connectivity index (χ0) is 20.9. The molecule has 1 aliphatic heterocycles. The van der Waals surface area contributed by atoms with Gasteiger partial charge in [0.2, 0.25) is 5.91 Å². The second kappa shape index (κ2) is 8.82. The lowest BCUT2D eigenvalue weighted by atomic mass is 10.1. The molecule has 0 aliphatic carbocycles. The van der Waals surface area contributed by atoms with Gasteiger partial charge < -0.3 is 15.5 Å². The van der Waals surface area contributed by atoms with E-state index in [0.717, 1.165) is 23.5 Å². The van der Waals surface area contributed by atoms with Crippen LogP contribution < -0.4 is 15.5 Å². The lowest BCUT2D eigenvalue weighted by molar-refractivity contribution is -0.120. The van der Waals surface area contributed by atoms with E-state index in [1.54, 1.807) is 6.20 Å². The molecule has 154 valence electrons. The van der Waals surface area contributed by atoms with E-state index < -0.39 is 0 Å². The monoisotopic (exact) mass is 403 g/mol. The molecular formula is C23H25N5O2. The smallest absolute Gasteiger partial charge is 0.259 e. The fourth-order valence-electron chi connectivity index (χ4n) is 3.68. The number of piperazine rings is 1. The predicted molar refractivity (Wildman–Crippen MR) is 117 cm³/mol. The molecule has 1 aromatic heterocycles. The molecular weight excluding hydrogens is 378 g/mol. The van der Waals surface area contributed by atoms with Crippen LogP contribution in [0.3, 0.4) is 0 Å². The molecule has 0 spiro atoms. The summed E-state index contributed by atoms with van der Waals surface area (Å²) >= 11 is 0. The summed E-state index contributed by atoms with van der Waals surface area (Å²) in [5, 5.41) is 10.2. The summed E-state index contributed by atoms with van der Waals surface area (Å²) in [7, 11) is 0. The number of nitrogens with one attached hydrogen (secondary N) is 2. The minimum atomic E-state index is -0.170. The highest BCUT2D eigenvalue weighted by Crippen LogP contribution is 2.20. The Morgan fingerprint density at radius 3 is 2.60 bits per heavy atom. The van der Waals surface area contributed by atoms with Gasteiger partial charge in [0.05, 0.1) is 30.5 Å². The van der Waals surface area contributed by atoms with E-state index in [-0.39, 0.29) is 11.8 Å². The molecule has 1 aliphatic rings. The van der Waals surface area contributed by atoms with Gasteiger partial charge in [-0.25, -0.2) is 0 Å². The fraction of sp³-hybridized carbons (Fsp3) is 0.261. The Labute approximate surface area is 175 Å². The third-order valence-corrected chi connectivity index (χ3v) is 5.23. The first-order valence-electron chi connectivity index (χ1n) is 10.2. The van der Waals surface area contributed by atoms with E-state index in [1.165, 1.54) is 0 Å². The van der Waals surface area contributed by atoms with Gasteiger partial charge in [0.1, 0.15) is 0 Å².